The molecule has 0 spiro atoms. The van der Waals surface area contributed by atoms with E-state index in [1.54, 1.807) is 43.4 Å². The number of likely N-dealkylation sites (N-methyl/N-ethyl adjacent to an activating group) is 1. The normalized spacial score (nSPS) is 10.4. The van der Waals surface area contributed by atoms with Crippen LogP contribution in [0.3, 0.4) is 0 Å². The molecule has 2 aromatic carbocycles. The molecule has 5 nitrogen and oxygen atoms in total. The van der Waals surface area contributed by atoms with Gasteiger partial charge in [-0.2, -0.15) is 8.78 Å². The Balaban J connectivity index is 1.83. The fourth-order valence-electron chi connectivity index (χ4n) is 2.04. The summed E-state index contributed by atoms with van der Waals surface area (Å²) in [5.41, 5.74) is 1.29. The second kappa shape index (κ2) is 8.77. The van der Waals surface area contributed by atoms with E-state index >= 15 is 0 Å². The number of amides is 1. The maximum absolute atomic E-state index is 12.1. The van der Waals surface area contributed by atoms with Crippen molar-refractivity contribution in [3.05, 3.63) is 59.7 Å². The van der Waals surface area contributed by atoms with Gasteiger partial charge in [-0.15, -0.1) is 0 Å². The average molecular weight is 349 g/mol. The van der Waals surface area contributed by atoms with Crippen LogP contribution in [-0.2, 0) is 11.3 Å². The molecule has 0 N–H and O–H groups in total. The van der Waals surface area contributed by atoms with Gasteiger partial charge in [0.05, 0.1) is 0 Å². The Kier molecular flexibility index (Phi) is 6.45. The first-order valence-electron chi connectivity index (χ1n) is 7.43. The zero-order chi connectivity index (χ0) is 18.2. The van der Waals surface area contributed by atoms with Crippen molar-refractivity contribution in [1.82, 2.24) is 4.90 Å². The van der Waals surface area contributed by atoms with Crippen molar-refractivity contribution in [2.45, 2.75) is 13.2 Å². The highest BCUT2D eigenvalue weighted by Gasteiger charge is 2.11. The Bertz CT molecular complexity index is 702. The quantitative estimate of drug-likeness (QED) is 0.687. The summed E-state index contributed by atoms with van der Waals surface area (Å²) in [4.78, 5) is 24.1. The smallest absolute Gasteiger partial charge is 0.387 e. The van der Waals surface area contributed by atoms with Gasteiger partial charge in [0.2, 0.25) is 0 Å². The number of aldehydes is 1. The first-order valence-corrected chi connectivity index (χ1v) is 7.43. The summed E-state index contributed by atoms with van der Waals surface area (Å²) in [6, 6.07) is 12.5. The van der Waals surface area contributed by atoms with Crippen LogP contribution in [0, 0.1) is 0 Å². The lowest BCUT2D eigenvalue weighted by atomic mass is 10.2. The fourth-order valence-corrected chi connectivity index (χ4v) is 2.04. The number of carbonyl (C=O) groups is 2. The Labute approximate surface area is 143 Å². The molecule has 0 aliphatic heterocycles. The molecule has 0 aliphatic carbocycles. The van der Waals surface area contributed by atoms with Crippen molar-refractivity contribution in [2.24, 2.45) is 0 Å². The lowest BCUT2D eigenvalue weighted by Gasteiger charge is -2.18. The maximum Gasteiger partial charge on any atom is 0.387 e. The van der Waals surface area contributed by atoms with Crippen LogP contribution in [-0.4, -0.2) is 37.4 Å². The largest absolute Gasteiger partial charge is 0.484 e. The van der Waals surface area contributed by atoms with Gasteiger partial charge < -0.3 is 14.4 Å². The predicted molar refractivity (Wildman–Crippen MR) is 86.9 cm³/mol. The highest BCUT2D eigenvalue weighted by atomic mass is 19.3. The summed E-state index contributed by atoms with van der Waals surface area (Å²) in [7, 11) is 1.62. The van der Waals surface area contributed by atoms with Crippen LogP contribution < -0.4 is 9.47 Å². The molecular formula is C18H17F2NO4. The third kappa shape index (κ3) is 5.87. The molecule has 0 atom stereocenters. The summed E-state index contributed by atoms with van der Waals surface area (Å²) in [6.45, 7) is -2.71. The van der Waals surface area contributed by atoms with Crippen LogP contribution in [0.5, 0.6) is 11.5 Å². The second-order valence-corrected chi connectivity index (χ2v) is 5.25. The molecule has 132 valence electrons. The van der Waals surface area contributed by atoms with Crippen LogP contribution in [0.4, 0.5) is 8.78 Å². The number of nitrogens with zero attached hydrogens (tertiary/aromatic N) is 1. The zero-order valence-electron chi connectivity index (χ0n) is 13.5. The molecular weight excluding hydrogens is 332 g/mol. The molecule has 0 saturated carbocycles. The van der Waals surface area contributed by atoms with E-state index in [0.29, 0.717) is 17.9 Å². The van der Waals surface area contributed by atoms with Crippen molar-refractivity contribution in [3.8, 4) is 11.5 Å². The molecule has 1 amide bonds. The molecule has 0 heterocycles. The zero-order valence-corrected chi connectivity index (χ0v) is 13.5. The van der Waals surface area contributed by atoms with Gasteiger partial charge in [-0.05, 0) is 42.0 Å². The van der Waals surface area contributed by atoms with Crippen LogP contribution in [0.1, 0.15) is 15.9 Å². The molecule has 0 radical (unpaired) electrons. The molecule has 2 rings (SSSR count). The van der Waals surface area contributed by atoms with E-state index in [0.717, 1.165) is 11.8 Å². The Morgan fingerprint density at radius 1 is 1.08 bits per heavy atom. The molecule has 0 bridgehead atoms. The third-order valence-electron chi connectivity index (χ3n) is 3.37. The Hall–Kier alpha value is -2.96. The highest BCUT2D eigenvalue weighted by molar-refractivity contribution is 5.77. The number of rotatable bonds is 8. The van der Waals surface area contributed by atoms with Gasteiger partial charge in [0, 0.05) is 19.2 Å². The highest BCUT2D eigenvalue weighted by Crippen LogP contribution is 2.16. The van der Waals surface area contributed by atoms with Crippen molar-refractivity contribution in [3.63, 3.8) is 0 Å². The van der Waals surface area contributed by atoms with Gasteiger partial charge in [0.15, 0.2) is 6.61 Å². The molecule has 0 saturated heterocycles. The molecule has 2 aromatic rings. The molecule has 7 heteroatoms. The lowest BCUT2D eigenvalue weighted by Crippen LogP contribution is -2.30. The minimum absolute atomic E-state index is 0.0647. The number of hydrogen-bond donors (Lipinski definition) is 0. The minimum Gasteiger partial charge on any atom is -0.484 e. The number of hydrogen-bond acceptors (Lipinski definition) is 4. The molecule has 0 aliphatic rings. The summed E-state index contributed by atoms with van der Waals surface area (Å²) in [5.74, 6) is 0.308. The van der Waals surface area contributed by atoms with E-state index in [9.17, 15) is 18.4 Å². The summed E-state index contributed by atoms with van der Waals surface area (Å²) < 4.78 is 33.8. The van der Waals surface area contributed by atoms with Gasteiger partial charge in [-0.1, -0.05) is 12.1 Å². The topological polar surface area (TPSA) is 55.8 Å². The van der Waals surface area contributed by atoms with E-state index in [4.69, 9.17) is 4.74 Å². The summed E-state index contributed by atoms with van der Waals surface area (Å²) in [6.07, 6.45) is 0.723. The number of alkyl halides is 2. The number of ether oxygens (including phenoxy) is 2. The van der Waals surface area contributed by atoms with Crippen molar-refractivity contribution in [2.75, 3.05) is 13.7 Å². The minimum atomic E-state index is -2.87. The first kappa shape index (κ1) is 18.4. The van der Waals surface area contributed by atoms with Crippen LogP contribution in [0.15, 0.2) is 48.5 Å². The van der Waals surface area contributed by atoms with E-state index in [1.165, 1.54) is 17.0 Å². The number of halogens is 2. The predicted octanol–water partition coefficient (Wildman–Crippen LogP) is 3.14. The SMILES string of the molecule is CN(Cc1ccc(OC(F)F)cc1)C(=O)COc1ccc(C=O)cc1. The summed E-state index contributed by atoms with van der Waals surface area (Å²) >= 11 is 0. The van der Waals surface area contributed by atoms with E-state index in [2.05, 4.69) is 4.74 Å². The monoisotopic (exact) mass is 349 g/mol. The lowest BCUT2D eigenvalue weighted by molar-refractivity contribution is -0.132. The number of carbonyl (C=O) groups excluding carboxylic acids is 2. The van der Waals surface area contributed by atoms with Crippen LogP contribution >= 0.6 is 0 Å². The number of benzene rings is 2. The Morgan fingerprint density at radius 3 is 2.24 bits per heavy atom. The molecule has 0 aromatic heterocycles. The van der Waals surface area contributed by atoms with E-state index in [1.807, 2.05) is 0 Å². The van der Waals surface area contributed by atoms with Crippen LogP contribution in [0.2, 0.25) is 0 Å². The standard InChI is InChI=1S/C18H17F2NO4/c1-21(10-13-2-8-16(9-3-13)25-18(19)20)17(23)12-24-15-6-4-14(11-22)5-7-15/h2-9,11,18H,10,12H2,1H3. The van der Waals surface area contributed by atoms with Crippen molar-refractivity contribution >= 4 is 12.2 Å². The Morgan fingerprint density at radius 2 is 1.68 bits per heavy atom. The molecule has 0 unspecified atom stereocenters. The third-order valence-corrected chi connectivity index (χ3v) is 3.37. The first-order chi connectivity index (χ1) is 12.0. The van der Waals surface area contributed by atoms with Crippen molar-refractivity contribution < 1.29 is 27.8 Å². The summed E-state index contributed by atoms with van der Waals surface area (Å²) in [5, 5.41) is 0. The van der Waals surface area contributed by atoms with Crippen LogP contribution in [0.25, 0.3) is 0 Å². The molecule has 0 fully saturated rings. The van der Waals surface area contributed by atoms with Gasteiger partial charge in [0.25, 0.3) is 5.91 Å². The van der Waals surface area contributed by atoms with Gasteiger partial charge in [-0.3, -0.25) is 9.59 Å². The fraction of sp³-hybridized carbons (Fsp3) is 0.222. The van der Waals surface area contributed by atoms with E-state index in [-0.39, 0.29) is 18.3 Å². The van der Waals surface area contributed by atoms with Gasteiger partial charge in [0.1, 0.15) is 17.8 Å². The molecule has 25 heavy (non-hydrogen) atoms. The van der Waals surface area contributed by atoms with Gasteiger partial charge in [-0.25, -0.2) is 0 Å². The maximum atomic E-state index is 12.1. The van der Waals surface area contributed by atoms with Gasteiger partial charge >= 0.3 is 6.61 Å². The average Bonchev–Trinajstić information content (AvgIpc) is 2.61. The second-order valence-electron chi connectivity index (χ2n) is 5.25. The van der Waals surface area contributed by atoms with E-state index < -0.39 is 6.61 Å². The van der Waals surface area contributed by atoms with Crippen molar-refractivity contribution in [1.29, 1.82) is 0 Å².